The van der Waals surface area contributed by atoms with Crippen molar-refractivity contribution in [3.05, 3.63) is 23.8 Å². The molecule has 5 nitrogen and oxygen atoms in total. The van der Waals surface area contributed by atoms with Crippen molar-refractivity contribution in [2.45, 2.75) is 26.7 Å². The number of carboxylic acids is 1. The second-order valence-corrected chi connectivity index (χ2v) is 3.90. The summed E-state index contributed by atoms with van der Waals surface area (Å²) in [7, 11) is 0. The van der Waals surface area contributed by atoms with Gasteiger partial charge >= 0.3 is 5.97 Å². The van der Waals surface area contributed by atoms with Crippen LogP contribution < -0.4 is 10.1 Å². The van der Waals surface area contributed by atoms with Crippen LogP contribution in [0.3, 0.4) is 0 Å². The standard InChI is InChI=1S/C13H17NO4/c1-3-4-7-18-12-8-10(14-9(2)15)5-6-11(12)13(16)17/h5-6,8H,3-4,7H2,1-2H3,(H,14,15)(H,16,17). The van der Waals surface area contributed by atoms with Gasteiger partial charge in [0.15, 0.2) is 0 Å². The molecular weight excluding hydrogens is 234 g/mol. The first-order valence-electron chi connectivity index (χ1n) is 5.82. The topological polar surface area (TPSA) is 75.6 Å². The average Bonchev–Trinajstić information content (AvgIpc) is 2.28. The molecule has 0 saturated heterocycles. The quantitative estimate of drug-likeness (QED) is 0.762. The van der Waals surface area contributed by atoms with Gasteiger partial charge in [0.05, 0.1) is 6.61 Å². The van der Waals surface area contributed by atoms with Gasteiger partial charge in [-0.1, -0.05) is 13.3 Å². The fourth-order valence-electron chi connectivity index (χ4n) is 1.43. The van der Waals surface area contributed by atoms with Gasteiger partial charge in [-0.15, -0.1) is 0 Å². The highest BCUT2D eigenvalue weighted by Gasteiger charge is 2.12. The van der Waals surface area contributed by atoms with Crippen LogP contribution in [-0.2, 0) is 4.79 Å². The Bertz CT molecular complexity index is 443. The summed E-state index contributed by atoms with van der Waals surface area (Å²) in [6.45, 7) is 3.87. The van der Waals surface area contributed by atoms with Gasteiger partial charge in [0.25, 0.3) is 0 Å². The lowest BCUT2D eigenvalue weighted by Crippen LogP contribution is -2.08. The van der Waals surface area contributed by atoms with E-state index < -0.39 is 5.97 Å². The van der Waals surface area contributed by atoms with Crippen molar-refractivity contribution < 1.29 is 19.4 Å². The summed E-state index contributed by atoms with van der Waals surface area (Å²) >= 11 is 0. The van der Waals surface area contributed by atoms with Crippen LogP contribution in [0, 0.1) is 0 Å². The number of amides is 1. The molecule has 0 spiro atoms. The van der Waals surface area contributed by atoms with Gasteiger partial charge in [-0.25, -0.2) is 4.79 Å². The summed E-state index contributed by atoms with van der Waals surface area (Å²) in [6.07, 6.45) is 1.82. The molecule has 0 saturated carbocycles. The number of anilines is 1. The van der Waals surface area contributed by atoms with Crippen molar-refractivity contribution in [3.8, 4) is 5.75 Å². The van der Waals surface area contributed by atoms with Crippen molar-refractivity contribution in [1.29, 1.82) is 0 Å². The van der Waals surface area contributed by atoms with E-state index in [1.807, 2.05) is 6.92 Å². The molecule has 0 bridgehead atoms. The van der Waals surface area contributed by atoms with E-state index in [0.29, 0.717) is 12.3 Å². The second kappa shape index (κ2) is 6.64. The monoisotopic (exact) mass is 251 g/mol. The van der Waals surface area contributed by atoms with Crippen LogP contribution in [0.2, 0.25) is 0 Å². The van der Waals surface area contributed by atoms with Gasteiger partial charge in [0.1, 0.15) is 11.3 Å². The second-order valence-electron chi connectivity index (χ2n) is 3.90. The van der Waals surface area contributed by atoms with E-state index in [0.717, 1.165) is 12.8 Å². The predicted octanol–water partition coefficient (Wildman–Crippen LogP) is 2.52. The molecule has 1 aromatic rings. The Morgan fingerprint density at radius 3 is 2.67 bits per heavy atom. The maximum atomic E-state index is 11.0. The number of hydrogen-bond acceptors (Lipinski definition) is 3. The third kappa shape index (κ3) is 4.08. The molecule has 0 aliphatic heterocycles. The highest BCUT2D eigenvalue weighted by Crippen LogP contribution is 2.24. The first kappa shape index (κ1) is 14.0. The van der Waals surface area contributed by atoms with Gasteiger partial charge < -0.3 is 15.2 Å². The molecule has 1 amide bonds. The van der Waals surface area contributed by atoms with E-state index >= 15 is 0 Å². The van der Waals surface area contributed by atoms with Crippen LogP contribution in [0.25, 0.3) is 0 Å². The number of unbranched alkanes of at least 4 members (excludes halogenated alkanes) is 1. The first-order valence-corrected chi connectivity index (χ1v) is 5.82. The zero-order valence-electron chi connectivity index (χ0n) is 10.5. The summed E-state index contributed by atoms with van der Waals surface area (Å²) < 4.78 is 5.43. The summed E-state index contributed by atoms with van der Waals surface area (Å²) in [4.78, 5) is 22.0. The Morgan fingerprint density at radius 2 is 2.11 bits per heavy atom. The number of ether oxygens (including phenoxy) is 1. The molecule has 0 radical (unpaired) electrons. The summed E-state index contributed by atoms with van der Waals surface area (Å²) in [5, 5.41) is 11.6. The van der Waals surface area contributed by atoms with E-state index in [4.69, 9.17) is 9.84 Å². The van der Waals surface area contributed by atoms with Crippen LogP contribution >= 0.6 is 0 Å². The lowest BCUT2D eigenvalue weighted by molar-refractivity contribution is -0.114. The average molecular weight is 251 g/mol. The molecule has 0 atom stereocenters. The predicted molar refractivity (Wildman–Crippen MR) is 68.1 cm³/mol. The minimum absolute atomic E-state index is 0.0974. The molecule has 98 valence electrons. The van der Waals surface area contributed by atoms with Gasteiger partial charge in [0.2, 0.25) is 5.91 Å². The number of benzene rings is 1. The SMILES string of the molecule is CCCCOc1cc(NC(C)=O)ccc1C(=O)O. The number of nitrogens with one attached hydrogen (secondary N) is 1. The Hall–Kier alpha value is -2.04. The molecule has 1 aromatic carbocycles. The van der Waals surface area contributed by atoms with Crippen LogP contribution in [0.1, 0.15) is 37.0 Å². The molecule has 0 unspecified atom stereocenters. The molecule has 2 N–H and O–H groups in total. The molecule has 18 heavy (non-hydrogen) atoms. The normalized spacial score (nSPS) is 9.89. The van der Waals surface area contributed by atoms with Crippen molar-refractivity contribution in [1.82, 2.24) is 0 Å². The molecule has 0 heterocycles. The van der Waals surface area contributed by atoms with Crippen molar-refractivity contribution >= 4 is 17.6 Å². The molecule has 1 rings (SSSR count). The molecular formula is C13H17NO4. The van der Waals surface area contributed by atoms with Gasteiger partial charge in [-0.2, -0.15) is 0 Å². The number of carbonyl (C=O) groups excluding carboxylic acids is 1. The van der Waals surface area contributed by atoms with Gasteiger partial charge in [-0.05, 0) is 18.6 Å². The molecule has 0 aliphatic rings. The minimum atomic E-state index is -1.05. The lowest BCUT2D eigenvalue weighted by atomic mass is 10.2. The fraction of sp³-hybridized carbons (Fsp3) is 0.385. The summed E-state index contributed by atoms with van der Waals surface area (Å²) in [6, 6.07) is 4.49. The highest BCUT2D eigenvalue weighted by molar-refractivity contribution is 5.93. The molecule has 0 aromatic heterocycles. The number of hydrogen-bond donors (Lipinski definition) is 2. The third-order valence-electron chi connectivity index (χ3n) is 2.29. The lowest BCUT2D eigenvalue weighted by Gasteiger charge is -2.11. The smallest absolute Gasteiger partial charge is 0.339 e. The van der Waals surface area contributed by atoms with Crippen LogP contribution in [0.4, 0.5) is 5.69 Å². The molecule has 5 heteroatoms. The number of carbonyl (C=O) groups is 2. The van der Waals surface area contributed by atoms with Crippen LogP contribution in [0.15, 0.2) is 18.2 Å². The van der Waals surface area contributed by atoms with E-state index in [1.54, 1.807) is 0 Å². The van der Waals surface area contributed by atoms with Gasteiger partial charge in [-0.3, -0.25) is 4.79 Å². The number of carboxylic acid groups (broad SMARTS) is 1. The zero-order chi connectivity index (χ0) is 13.5. The maximum absolute atomic E-state index is 11.0. The maximum Gasteiger partial charge on any atom is 0.339 e. The summed E-state index contributed by atoms with van der Waals surface area (Å²) in [5.41, 5.74) is 0.624. The highest BCUT2D eigenvalue weighted by atomic mass is 16.5. The van der Waals surface area contributed by atoms with E-state index in [2.05, 4.69) is 5.32 Å². The third-order valence-corrected chi connectivity index (χ3v) is 2.29. The Balaban J connectivity index is 2.92. The van der Waals surface area contributed by atoms with Crippen LogP contribution in [0.5, 0.6) is 5.75 Å². The number of rotatable bonds is 6. The first-order chi connectivity index (χ1) is 8.54. The largest absolute Gasteiger partial charge is 0.493 e. The minimum Gasteiger partial charge on any atom is -0.493 e. The van der Waals surface area contributed by atoms with Crippen molar-refractivity contribution in [3.63, 3.8) is 0 Å². The molecule has 0 fully saturated rings. The fourth-order valence-corrected chi connectivity index (χ4v) is 1.43. The Kier molecular flexibility index (Phi) is 5.17. The van der Waals surface area contributed by atoms with Crippen molar-refractivity contribution in [2.75, 3.05) is 11.9 Å². The number of aromatic carboxylic acids is 1. The van der Waals surface area contributed by atoms with Crippen LogP contribution in [-0.4, -0.2) is 23.6 Å². The van der Waals surface area contributed by atoms with E-state index in [1.165, 1.54) is 25.1 Å². The zero-order valence-corrected chi connectivity index (χ0v) is 10.5. The Labute approximate surface area is 106 Å². The van der Waals surface area contributed by atoms with Gasteiger partial charge in [0, 0.05) is 18.7 Å². The van der Waals surface area contributed by atoms with E-state index in [9.17, 15) is 9.59 Å². The Morgan fingerprint density at radius 1 is 1.39 bits per heavy atom. The van der Waals surface area contributed by atoms with E-state index in [-0.39, 0.29) is 17.2 Å². The summed E-state index contributed by atoms with van der Waals surface area (Å²) in [5.74, 6) is -0.976. The molecule has 0 aliphatic carbocycles. The van der Waals surface area contributed by atoms with Crippen molar-refractivity contribution in [2.24, 2.45) is 0 Å².